The van der Waals surface area contributed by atoms with Crippen molar-refractivity contribution in [1.82, 2.24) is 4.98 Å². The van der Waals surface area contributed by atoms with Crippen molar-refractivity contribution in [3.8, 4) is 5.88 Å². The van der Waals surface area contributed by atoms with Gasteiger partial charge in [0.2, 0.25) is 5.88 Å². The Hall–Kier alpha value is -1.21. The molecule has 0 spiro atoms. The maximum atomic E-state index is 9.34. The second-order valence-corrected chi connectivity index (χ2v) is 4.63. The Morgan fingerprint density at radius 1 is 1.45 bits per heavy atom. The van der Waals surface area contributed by atoms with E-state index in [1.807, 2.05) is 13.0 Å². The summed E-state index contributed by atoms with van der Waals surface area (Å²) in [6, 6.07) is 1.90. The van der Waals surface area contributed by atoms with Crippen molar-refractivity contribution in [2.24, 2.45) is 0 Å². The van der Waals surface area contributed by atoms with E-state index in [1.165, 1.54) is 0 Å². The van der Waals surface area contributed by atoms with Crippen molar-refractivity contribution >= 4 is 0 Å². The fourth-order valence-electron chi connectivity index (χ4n) is 2.56. The Morgan fingerprint density at radius 2 is 2.25 bits per heavy atom. The molecule has 0 amide bonds. The largest absolute Gasteiger partial charge is 0.481 e. The summed E-state index contributed by atoms with van der Waals surface area (Å²) < 4.78 is 21.3. The molecule has 0 aromatic carbocycles. The van der Waals surface area contributed by atoms with Crippen LogP contribution >= 0.6 is 0 Å². The van der Waals surface area contributed by atoms with E-state index in [4.69, 9.17) is 18.9 Å². The van der Waals surface area contributed by atoms with Gasteiger partial charge in [0.25, 0.3) is 0 Å². The topological polar surface area (TPSA) is 73.3 Å². The van der Waals surface area contributed by atoms with E-state index in [0.29, 0.717) is 12.5 Å². The summed E-state index contributed by atoms with van der Waals surface area (Å²) >= 11 is 0. The number of hydrogen-bond acceptors (Lipinski definition) is 6. The average Bonchev–Trinajstić information content (AvgIpc) is 3.22. The Balaban J connectivity index is 2.32. The van der Waals surface area contributed by atoms with Crippen LogP contribution < -0.4 is 4.74 Å². The van der Waals surface area contributed by atoms with Gasteiger partial charge in [-0.3, -0.25) is 0 Å². The van der Waals surface area contributed by atoms with Crippen LogP contribution in [0.2, 0.25) is 0 Å². The minimum absolute atomic E-state index is 0.00313. The second kappa shape index (κ2) is 6.49. The van der Waals surface area contributed by atoms with Crippen molar-refractivity contribution in [2.45, 2.75) is 31.7 Å². The molecular formula is C14H21NO5. The molecule has 0 aliphatic carbocycles. The van der Waals surface area contributed by atoms with Crippen molar-refractivity contribution in [1.29, 1.82) is 0 Å². The molecule has 2 unspecified atom stereocenters. The SMILES string of the molecule is CCC1(c2ccnc(OC)c2COCOC)OC1CO. The monoisotopic (exact) mass is 283 g/mol. The van der Waals surface area contributed by atoms with Gasteiger partial charge in [0.15, 0.2) is 0 Å². The van der Waals surface area contributed by atoms with E-state index in [-0.39, 0.29) is 19.5 Å². The average molecular weight is 283 g/mol. The highest BCUT2D eigenvalue weighted by molar-refractivity contribution is 5.41. The van der Waals surface area contributed by atoms with Gasteiger partial charge in [-0.05, 0) is 18.1 Å². The summed E-state index contributed by atoms with van der Waals surface area (Å²) in [6.45, 7) is 2.55. The molecule has 1 aromatic rings. The van der Waals surface area contributed by atoms with Gasteiger partial charge in [-0.15, -0.1) is 0 Å². The molecule has 2 heterocycles. The van der Waals surface area contributed by atoms with E-state index in [9.17, 15) is 5.11 Å². The zero-order valence-corrected chi connectivity index (χ0v) is 12.1. The molecule has 6 nitrogen and oxygen atoms in total. The highest BCUT2D eigenvalue weighted by Gasteiger charge is 2.57. The highest BCUT2D eigenvalue weighted by atomic mass is 16.7. The molecule has 1 N–H and O–H groups in total. The first-order valence-corrected chi connectivity index (χ1v) is 6.61. The van der Waals surface area contributed by atoms with Crippen LogP contribution in [0.1, 0.15) is 24.5 Å². The summed E-state index contributed by atoms with van der Waals surface area (Å²) in [5.41, 5.74) is 1.34. The van der Waals surface area contributed by atoms with Crippen LogP contribution in [0.25, 0.3) is 0 Å². The van der Waals surface area contributed by atoms with Crippen molar-refractivity contribution in [3.05, 3.63) is 23.4 Å². The Morgan fingerprint density at radius 3 is 2.80 bits per heavy atom. The van der Waals surface area contributed by atoms with E-state index in [0.717, 1.165) is 17.5 Å². The lowest BCUT2D eigenvalue weighted by molar-refractivity contribution is -0.0401. The van der Waals surface area contributed by atoms with Gasteiger partial charge in [0.05, 0.1) is 20.3 Å². The van der Waals surface area contributed by atoms with Crippen molar-refractivity contribution in [3.63, 3.8) is 0 Å². The smallest absolute Gasteiger partial charge is 0.218 e. The standard InChI is InChI=1S/C14H21NO5/c1-4-14(12(7-16)20-14)11-5-6-15-13(18-3)10(11)8-19-9-17-2/h5-6,12,16H,4,7-9H2,1-3H3. The Kier molecular flexibility index (Phi) is 4.93. The number of hydrogen-bond donors (Lipinski definition) is 1. The van der Waals surface area contributed by atoms with Crippen LogP contribution in [0.15, 0.2) is 12.3 Å². The molecule has 1 saturated heterocycles. The number of aliphatic hydroxyl groups excluding tert-OH is 1. The zero-order valence-electron chi connectivity index (χ0n) is 12.1. The van der Waals surface area contributed by atoms with E-state index in [2.05, 4.69) is 4.98 Å². The molecule has 1 aliphatic heterocycles. The predicted molar refractivity (Wildman–Crippen MR) is 71.4 cm³/mol. The fourth-order valence-corrected chi connectivity index (χ4v) is 2.56. The number of pyridine rings is 1. The summed E-state index contributed by atoms with van der Waals surface area (Å²) in [4.78, 5) is 4.20. The molecule has 0 saturated carbocycles. The van der Waals surface area contributed by atoms with Gasteiger partial charge >= 0.3 is 0 Å². The van der Waals surface area contributed by atoms with Gasteiger partial charge in [0, 0.05) is 18.9 Å². The van der Waals surface area contributed by atoms with Gasteiger partial charge in [-0.25, -0.2) is 4.98 Å². The van der Waals surface area contributed by atoms with E-state index in [1.54, 1.807) is 20.4 Å². The minimum atomic E-state index is -0.462. The molecular weight excluding hydrogens is 262 g/mol. The lowest BCUT2D eigenvalue weighted by Crippen LogP contribution is -2.18. The van der Waals surface area contributed by atoms with Crippen LogP contribution in [0.5, 0.6) is 5.88 Å². The van der Waals surface area contributed by atoms with Crippen molar-refractivity contribution < 1.29 is 24.1 Å². The number of aliphatic hydroxyl groups is 1. The summed E-state index contributed by atoms with van der Waals surface area (Å²) in [6.07, 6.45) is 2.27. The minimum Gasteiger partial charge on any atom is -0.481 e. The van der Waals surface area contributed by atoms with Crippen LogP contribution in [0.4, 0.5) is 0 Å². The maximum absolute atomic E-state index is 9.34. The molecule has 1 aliphatic rings. The van der Waals surface area contributed by atoms with Gasteiger partial charge in [-0.2, -0.15) is 0 Å². The lowest BCUT2D eigenvalue weighted by Gasteiger charge is -2.18. The molecule has 112 valence electrons. The normalized spacial score (nSPS) is 24.7. The fraction of sp³-hybridized carbons (Fsp3) is 0.643. The lowest BCUT2D eigenvalue weighted by atomic mass is 9.90. The summed E-state index contributed by atoms with van der Waals surface area (Å²) in [5.74, 6) is 0.513. The number of nitrogens with zero attached hydrogens (tertiary/aromatic N) is 1. The van der Waals surface area contributed by atoms with Crippen LogP contribution in [0, 0.1) is 0 Å². The maximum Gasteiger partial charge on any atom is 0.218 e. The van der Waals surface area contributed by atoms with E-state index >= 15 is 0 Å². The second-order valence-electron chi connectivity index (χ2n) is 4.63. The molecule has 2 atom stereocenters. The van der Waals surface area contributed by atoms with E-state index < -0.39 is 5.60 Å². The summed E-state index contributed by atoms with van der Waals surface area (Å²) in [7, 11) is 3.14. The molecule has 6 heteroatoms. The molecule has 20 heavy (non-hydrogen) atoms. The molecule has 0 radical (unpaired) electrons. The predicted octanol–water partition coefficient (Wildman–Crippen LogP) is 1.21. The highest BCUT2D eigenvalue weighted by Crippen LogP contribution is 2.50. The first-order valence-electron chi connectivity index (χ1n) is 6.61. The Labute approximate surface area is 118 Å². The molecule has 1 aromatic heterocycles. The van der Waals surface area contributed by atoms with Crippen molar-refractivity contribution in [2.75, 3.05) is 27.6 Å². The molecule has 0 bridgehead atoms. The molecule has 1 fully saturated rings. The number of methoxy groups -OCH3 is 2. The zero-order chi connectivity index (χ0) is 14.6. The van der Waals surface area contributed by atoms with Crippen LogP contribution in [-0.2, 0) is 26.4 Å². The number of ether oxygens (including phenoxy) is 4. The van der Waals surface area contributed by atoms with Crippen LogP contribution in [-0.4, -0.2) is 43.8 Å². The van der Waals surface area contributed by atoms with Crippen LogP contribution in [0.3, 0.4) is 0 Å². The third-order valence-electron chi connectivity index (χ3n) is 3.62. The molecule has 2 rings (SSSR count). The number of aromatic nitrogens is 1. The Bertz CT molecular complexity index is 453. The third-order valence-corrected chi connectivity index (χ3v) is 3.62. The van der Waals surface area contributed by atoms with Gasteiger partial charge in [-0.1, -0.05) is 6.92 Å². The third kappa shape index (κ3) is 2.64. The van der Waals surface area contributed by atoms with Gasteiger partial charge in [0.1, 0.15) is 18.5 Å². The first-order chi connectivity index (χ1) is 9.73. The first kappa shape index (κ1) is 15.2. The number of epoxide rings is 1. The summed E-state index contributed by atoms with van der Waals surface area (Å²) in [5, 5.41) is 9.34. The quantitative estimate of drug-likeness (QED) is 0.439. The van der Waals surface area contributed by atoms with Gasteiger partial charge < -0.3 is 24.1 Å². The number of rotatable bonds is 8.